The first-order valence-corrected chi connectivity index (χ1v) is 6.92. The zero-order valence-corrected chi connectivity index (χ0v) is 11.3. The van der Waals surface area contributed by atoms with Crippen LogP contribution in [0.5, 0.6) is 0 Å². The molecule has 0 saturated carbocycles. The molecule has 0 aromatic carbocycles. The number of rotatable bonds is 4. The van der Waals surface area contributed by atoms with E-state index in [1.54, 1.807) is 17.2 Å². The number of nitrogens with one attached hydrogen (secondary N) is 1. The Hall–Kier alpha value is -2.18. The molecule has 0 aliphatic carbocycles. The summed E-state index contributed by atoms with van der Waals surface area (Å²) in [6.45, 7) is 2.21. The first kappa shape index (κ1) is 12.8. The summed E-state index contributed by atoms with van der Waals surface area (Å²) in [6.07, 6.45) is 7.50. The van der Waals surface area contributed by atoms with Crippen LogP contribution in [-0.2, 0) is 11.3 Å². The molecule has 1 N–H and O–H groups in total. The predicted octanol–water partition coefficient (Wildman–Crippen LogP) is 0.797. The van der Waals surface area contributed by atoms with Crippen LogP contribution in [0.3, 0.4) is 0 Å². The minimum absolute atomic E-state index is 0.185. The molecule has 0 spiro atoms. The maximum atomic E-state index is 12.2. The van der Waals surface area contributed by atoms with Gasteiger partial charge in [0.05, 0.1) is 6.54 Å². The minimum Gasteiger partial charge on any atom is -0.342 e. The molecule has 20 heavy (non-hydrogen) atoms. The highest BCUT2D eigenvalue weighted by Gasteiger charge is 2.25. The Kier molecular flexibility index (Phi) is 3.76. The molecule has 1 saturated heterocycles. The molecule has 1 fully saturated rings. The number of H-pyrrole nitrogens is 1. The summed E-state index contributed by atoms with van der Waals surface area (Å²) >= 11 is 0. The zero-order valence-electron chi connectivity index (χ0n) is 11.3. The first-order valence-electron chi connectivity index (χ1n) is 6.92. The van der Waals surface area contributed by atoms with E-state index in [0.717, 1.165) is 31.6 Å². The molecule has 1 atom stereocenters. The van der Waals surface area contributed by atoms with Gasteiger partial charge in [-0.2, -0.15) is 10.2 Å². The van der Waals surface area contributed by atoms with Crippen LogP contribution in [0, 0.1) is 0 Å². The third-order valence-electron chi connectivity index (χ3n) is 3.76. The molecule has 106 valence electrons. The number of amides is 1. The van der Waals surface area contributed by atoms with Crippen molar-refractivity contribution in [2.24, 2.45) is 0 Å². The average molecular weight is 274 g/mol. The highest BCUT2D eigenvalue weighted by Crippen LogP contribution is 2.25. The molecule has 0 radical (unpaired) electrons. The topological polar surface area (TPSA) is 79.7 Å². The lowest BCUT2D eigenvalue weighted by atomic mass is 9.95. The molecule has 1 aliphatic heterocycles. The van der Waals surface area contributed by atoms with Crippen LogP contribution in [0.25, 0.3) is 0 Å². The van der Waals surface area contributed by atoms with Crippen molar-refractivity contribution in [1.82, 2.24) is 29.9 Å². The van der Waals surface area contributed by atoms with Crippen molar-refractivity contribution in [3.8, 4) is 0 Å². The largest absolute Gasteiger partial charge is 0.342 e. The standard InChI is InChI=1S/C13H18N6O/c20-13(4-7-19-10-14-9-16-19)18-6-1-2-11(8-18)12-3-5-15-17-12/h3,5,9-11H,1-2,4,6-8H2,(H,15,17)/t11-/m1/s1. The van der Waals surface area contributed by atoms with Gasteiger partial charge in [-0.25, -0.2) is 4.98 Å². The van der Waals surface area contributed by atoms with Gasteiger partial charge in [0, 0.05) is 37.3 Å². The number of carbonyl (C=O) groups excluding carboxylic acids is 1. The van der Waals surface area contributed by atoms with E-state index >= 15 is 0 Å². The second-order valence-corrected chi connectivity index (χ2v) is 5.10. The van der Waals surface area contributed by atoms with Crippen LogP contribution in [0.2, 0.25) is 0 Å². The number of piperidine rings is 1. The minimum atomic E-state index is 0.185. The number of carbonyl (C=O) groups is 1. The summed E-state index contributed by atoms with van der Waals surface area (Å²) < 4.78 is 1.69. The molecule has 0 bridgehead atoms. The van der Waals surface area contributed by atoms with E-state index in [1.165, 1.54) is 6.33 Å². The second kappa shape index (κ2) is 5.85. The zero-order chi connectivity index (χ0) is 13.8. The molecule has 7 heteroatoms. The van der Waals surface area contributed by atoms with Crippen molar-refractivity contribution in [2.75, 3.05) is 13.1 Å². The van der Waals surface area contributed by atoms with Crippen LogP contribution in [-0.4, -0.2) is 48.9 Å². The number of nitrogens with zero attached hydrogens (tertiary/aromatic N) is 5. The van der Waals surface area contributed by atoms with Crippen molar-refractivity contribution in [3.63, 3.8) is 0 Å². The number of likely N-dealkylation sites (tertiary alicyclic amines) is 1. The molecule has 2 aromatic rings. The third-order valence-corrected chi connectivity index (χ3v) is 3.76. The molecule has 7 nitrogen and oxygen atoms in total. The van der Waals surface area contributed by atoms with E-state index < -0.39 is 0 Å². The van der Waals surface area contributed by atoms with Crippen LogP contribution in [0.15, 0.2) is 24.9 Å². The highest BCUT2D eigenvalue weighted by molar-refractivity contribution is 5.76. The van der Waals surface area contributed by atoms with Gasteiger partial charge in [-0.1, -0.05) is 0 Å². The predicted molar refractivity (Wildman–Crippen MR) is 71.8 cm³/mol. The smallest absolute Gasteiger partial charge is 0.224 e. The summed E-state index contributed by atoms with van der Waals surface area (Å²) in [5, 5.41) is 11.0. The monoisotopic (exact) mass is 274 g/mol. The number of hydrogen-bond donors (Lipinski definition) is 1. The van der Waals surface area contributed by atoms with E-state index in [-0.39, 0.29) is 5.91 Å². The lowest BCUT2D eigenvalue weighted by molar-refractivity contribution is -0.132. The van der Waals surface area contributed by atoms with Gasteiger partial charge in [-0.05, 0) is 18.9 Å². The molecule has 3 rings (SSSR count). The lowest BCUT2D eigenvalue weighted by Gasteiger charge is -2.32. The number of hydrogen-bond acceptors (Lipinski definition) is 4. The second-order valence-electron chi connectivity index (χ2n) is 5.10. The van der Waals surface area contributed by atoms with Gasteiger partial charge in [0.1, 0.15) is 12.7 Å². The van der Waals surface area contributed by atoms with Crippen LogP contribution in [0.1, 0.15) is 30.9 Å². The Morgan fingerprint density at radius 2 is 2.45 bits per heavy atom. The van der Waals surface area contributed by atoms with Gasteiger partial charge in [0.2, 0.25) is 5.91 Å². The summed E-state index contributed by atoms with van der Waals surface area (Å²) in [4.78, 5) is 18.1. The number of aromatic nitrogens is 5. The summed E-state index contributed by atoms with van der Waals surface area (Å²) in [6, 6.07) is 1.99. The molecule has 0 unspecified atom stereocenters. The van der Waals surface area contributed by atoms with Gasteiger partial charge in [0.15, 0.2) is 0 Å². The van der Waals surface area contributed by atoms with E-state index in [2.05, 4.69) is 20.3 Å². The fraction of sp³-hybridized carbons (Fsp3) is 0.538. The quantitative estimate of drug-likeness (QED) is 0.894. The van der Waals surface area contributed by atoms with Gasteiger partial charge in [-0.15, -0.1) is 0 Å². The molecule has 3 heterocycles. The van der Waals surface area contributed by atoms with Crippen molar-refractivity contribution < 1.29 is 4.79 Å². The van der Waals surface area contributed by atoms with Crippen molar-refractivity contribution >= 4 is 5.91 Å². The van der Waals surface area contributed by atoms with Gasteiger partial charge < -0.3 is 4.90 Å². The van der Waals surface area contributed by atoms with Gasteiger partial charge in [-0.3, -0.25) is 14.6 Å². The molecular weight excluding hydrogens is 256 g/mol. The fourth-order valence-corrected chi connectivity index (χ4v) is 2.67. The third kappa shape index (κ3) is 2.87. The van der Waals surface area contributed by atoms with E-state index in [1.807, 2.05) is 11.0 Å². The molecule has 1 aliphatic rings. The molecular formula is C13H18N6O. The van der Waals surface area contributed by atoms with Gasteiger partial charge in [0.25, 0.3) is 0 Å². The van der Waals surface area contributed by atoms with E-state index in [0.29, 0.717) is 18.9 Å². The van der Waals surface area contributed by atoms with Crippen LogP contribution >= 0.6 is 0 Å². The Morgan fingerprint density at radius 1 is 1.50 bits per heavy atom. The van der Waals surface area contributed by atoms with Crippen molar-refractivity contribution in [2.45, 2.75) is 31.7 Å². The van der Waals surface area contributed by atoms with E-state index in [9.17, 15) is 4.79 Å². The Balaban J connectivity index is 1.55. The number of aromatic amines is 1. The van der Waals surface area contributed by atoms with Crippen LogP contribution in [0.4, 0.5) is 0 Å². The average Bonchev–Trinajstić information content (AvgIpc) is 3.18. The van der Waals surface area contributed by atoms with E-state index in [4.69, 9.17) is 0 Å². The first-order chi connectivity index (χ1) is 9.83. The Labute approximate surface area is 117 Å². The SMILES string of the molecule is O=C(CCn1cncn1)N1CCC[C@@H](c2ccn[nH]2)C1. The van der Waals surface area contributed by atoms with Gasteiger partial charge >= 0.3 is 0 Å². The molecule has 1 amide bonds. The Bertz CT molecular complexity index is 535. The van der Waals surface area contributed by atoms with Crippen molar-refractivity contribution in [3.05, 3.63) is 30.6 Å². The fourth-order valence-electron chi connectivity index (χ4n) is 2.67. The van der Waals surface area contributed by atoms with Crippen LogP contribution < -0.4 is 0 Å². The summed E-state index contributed by atoms with van der Waals surface area (Å²) in [5.41, 5.74) is 1.12. The Morgan fingerprint density at radius 3 is 3.20 bits per heavy atom. The maximum absolute atomic E-state index is 12.2. The summed E-state index contributed by atoms with van der Waals surface area (Å²) in [7, 11) is 0. The maximum Gasteiger partial charge on any atom is 0.224 e. The normalized spacial score (nSPS) is 19.2. The number of aryl methyl sites for hydroxylation is 1. The molecule has 2 aromatic heterocycles. The highest BCUT2D eigenvalue weighted by atomic mass is 16.2. The van der Waals surface area contributed by atoms with Crippen molar-refractivity contribution in [1.29, 1.82) is 0 Å². The lowest BCUT2D eigenvalue weighted by Crippen LogP contribution is -2.39. The summed E-state index contributed by atoms with van der Waals surface area (Å²) in [5.74, 6) is 0.561.